The Labute approximate surface area is 161 Å². The second kappa shape index (κ2) is 9.85. The van der Waals surface area contributed by atoms with E-state index in [1.54, 1.807) is 0 Å². The number of carbonyl (C=O) groups excluding carboxylic acids is 2. The number of hydrogen-bond donors (Lipinski definition) is 1. The molecule has 0 radical (unpaired) electrons. The minimum absolute atomic E-state index is 0.0354. The maximum absolute atomic E-state index is 12.4. The van der Waals surface area contributed by atoms with Crippen molar-refractivity contribution in [3.8, 4) is 0 Å². The van der Waals surface area contributed by atoms with E-state index in [1.165, 1.54) is 31.5 Å². The van der Waals surface area contributed by atoms with Crippen molar-refractivity contribution < 1.29 is 14.3 Å². The van der Waals surface area contributed by atoms with Gasteiger partial charge in [-0.05, 0) is 69.9 Å². The van der Waals surface area contributed by atoms with Crippen LogP contribution in [0.2, 0.25) is 0 Å². The number of carbonyl (C=O) groups is 2. The van der Waals surface area contributed by atoms with Crippen molar-refractivity contribution in [1.82, 2.24) is 9.80 Å². The number of piperidine rings is 1. The topological polar surface area (TPSA) is 61.9 Å². The Balaban J connectivity index is 1.45. The van der Waals surface area contributed by atoms with E-state index in [9.17, 15) is 9.59 Å². The van der Waals surface area contributed by atoms with Crippen molar-refractivity contribution in [3.05, 3.63) is 29.8 Å². The maximum Gasteiger partial charge on any atom is 0.310 e. The third-order valence-corrected chi connectivity index (χ3v) is 5.34. The van der Waals surface area contributed by atoms with E-state index < -0.39 is 0 Å². The van der Waals surface area contributed by atoms with Crippen molar-refractivity contribution >= 4 is 17.6 Å². The molecule has 0 bridgehead atoms. The number of hydrogen-bond acceptors (Lipinski definition) is 5. The number of benzene rings is 1. The van der Waals surface area contributed by atoms with Crippen LogP contribution in [0.5, 0.6) is 0 Å². The number of ether oxygens (including phenoxy) is 1. The van der Waals surface area contributed by atoms with Gasteiger partial charge in [-0.15, -0.1) is 0 Å². The molecule has 1 amide bonds. The largest absolute Gasteiger partial charge is 0.466 e. The molecule has 0 aliphatic carbocycles. The molecule has 6 heteroatoms. The van der Waals surface area contributed by atoms with Gasteiger partial charge < -0.3 is 10.1 Å². The Morgan fingerprint density at radius 2 is 1.78 bits per heavy atom. The second-order valence-electron chi connectivity index (χ2n) is 7.55. The van der Waals surface area contributed by atoms with E-state index >= 15 is 0 Å². The van der Waals surface area contributed by atoms with Gasteiger partial charge in [0.25, 0.3) is 0 Å². The highest BCUT2D eigenvalue weighted by molar-refractivity contribution is 5.92. The van der Waals surface area contributed by atoms with Crippen LogP contribution in [0.15, 0.2) is 24.3 Å². The molecule has 0 saturated carbocycles. The van der Waals surface area contributed by atoms with Gasteiger partial charge in [-0.1, -0.05) is 12.1 Å². The zero-order valence-electron chi connectivity index (χ0n) is 16.3. The van der Waals surface area contributed by atoms with E-state index in [0.717, 1.165) is 31.6 Å². The second-order valence-corrected chi connectivity index (χ2v) is 7.55. The van der Waals surface area contributed by atoms with Gasteiger partial charge >= 0.3 is 5.97 Å². The lowest BCUT2D eigenvalue weighted by atomic mass is 9.98. The van der Waals surface area contributed by atoms with E-state index in [1.807, 2.05) is 24.0 Å². The molecule has 2 heterocycles. The van der Waals surface area contributed by atoms with Gasteiger partial charge in [0.15, 0.2) is 0 Å². The molecular weight excluding hydrogens is 342 g/mol. The molecule has 0 aromatic heterocycles. The van der Waals surface area contributed by atoms with E-state index in [0.29, 0.717) is 19.7 Å². The Morgan fingerprint density at radius 3 is 2.48 bits per heavy atom. The third kappa shape index (κ3) is 6.04. The molecule has 3 rings (SSSR count). The number of nitrogens with one attached hydrogen (secondary N) is 1. The Hall–Kier alpha value is -1.92. The average molecular weight is 373 g/mol. The number of nitrogens with zero attached hydrogens (tertiary/aromatic N) is 2. The lowest BCUT2D eigenvalue weighted by molar-refractivity contribution is -0.150. The number of anilines is 1. The molecule has 2 saturated heterocycles. The lowest BCUT2D eigenvalue weighted by Gasteiger charge is -2.30. The standard InChI is InChI=1S/C21H31N3O3/c1-2-27-21(26)18-6-5-13-24(15-18)16-20(25)22-19-9-7-17(8-10-19)14-23-11-3-4-12-23/h7-10,18H,2-6,11-16H2,1H3,(H,22,25)/t18-/m1/s1. The van der Waals surface area contributed by atoms with Crippen molar-refractivity contribution in [2.24, 2.45) is 5.92 Å². The van der Waals surface area contributed by atoms with E-state index in [2.05, 4.69) is 22.3 Å². The number of rotatable bonds is 7. The summed E-state index contributed by atoms with van der Waals surface area (Å²) in [4.78, 5) is 28.8. The van der Waals surface area contributed by atoms with Crippen LogP contribution in [0.3, 0.4) is 0 Å². The van der Waals surface area contributed by atoms with Gasteiger partial charge in [0, 0.05) is 18.8 Å². The van der Waals surface area contributed by atoms with Crippen LogP contribution in [0, 0.1) is 5.92 Å². The normalized spacial score (nSPS) is 21.1. The van der Waals surface area contributed by atoms with Gasteiger partial charge in [-0.3, -0.25) is 19.4 Å². The minimum atomic E-state index is -0.142. The van der Waals surface area contributed by atoms with Crippen LogP contribution >= 0.6 is 0 Å². The quantitative estimate of drug-likeness (QED) is 0.744. The first kappa shape index (κ1) is 19.8. The van der Waals surface area contributed by atoms with Crippen molar-refractivity contribution in [3.63, 3.8) is 0 Å². The summed E-state index contributed by atoms with van der Waals surface area (Å²) in [7, 11) is 0. The fraction of sp³-hybridized carbons (Fsp3) is 0.619. The first-order valence-electron chi connectivity index (χ1n) is 10.1. The molecule has 2 aliphatic heterocycles. The molecular formula is C21H31N3O3. The van der Waals surface area contributed by atoms with Crippen molar-refractivity contribution in [2.45, 2.75) is 39.2 Å². The van der Waals surface area contributed by atoms with Crippen molar-refractivity contribution in [1.29, 1.82) is 0 Å². The highest BCUT2D eigenvalue weighted by Crippen LogP contribution is 2.18. The average Bonchev–Trinajstić information content (AvgIpc) is 3.17. The van der Waals surface area contributed by atoms with Crippen LogP contribution in [0.4, 0.5) is 5.69 Å². The highest BCUT2D eigenvalue weighted by atomic mass is 16.5. The summed E-state index contributed by atoms with van der Waals surface area (Å²) in [6.07, 6.45) is 4.35. The highest BCUT2D eigenvalue weighted by Gasteiger charge is 2.27. The smallest absolute Gasteiger partial charge is 0.310 e. The van der Waals surface area contributed by atoms with Gasteiger partial charge in [-0.25, -0.2) is 0 Å². The lowest BCUT2D eigenvalue weighted by Crippen LogP contribution is -2.43. The van der Waals surface area contributed by atoms with Crippen molar-refractivity contribution in [2.75, 3.05) is 44.6 Å². The Kier molecular flexibility index (Phi) is 7.24. The molecule has 1 N–H and O–H groups in total. The molecule has 27 heavy (non-hydrogen) atoms. The van der Waals surface area contributed by atoms with Gasteiger partial charge in [0.05, 0.1) is 19.1 Å². The Bertz CT molecular complexity index is 626. The monoisotopic (exact) mass is 373 g/mol. The summed E-state index contributed by atoms with van der Waals surface area (Å²) in [5.41, 5.74) is 2.10. The number of esters is 1. The van der Waals surface area contributed by atoms with E-state index in [4.69, 9.17) is 4.74 Å². The summed E-state index contributed by atoms with van der Waals surface area (Å²) < 4.78 is 5.12. The fourth-order valence-corrected chi connectivity index (χ4v) is 3.95. The van der Waals surface area contributed by atoms with Crippen LogP contribution in [0.25, 0.3) is 0 Å². The predicted octanol–water partition coefficient (Wildman–Crippen LogP) is 2.50. The molecule has 0 spiro atoms. The predicted molar refractivity (Wildman–Crippen MR) is 105 cm³/mol. The van der Waals surface area contributed by atoms with E-state index in [-0.39, 0.29) is 17.8 Å². The molecule has 6 nitrogen and oxygen atoms in total. The van der Waals surface area contributed by atoms with Crippen LogP contribution < -0.4 is 5.32 Å². The summed E-state index contributed by atoms with van der Waals surface area (Å²) in [5, 5.41) is 2.97. The summed E-state index contributed by atoms with van der Waals surface area (Å²) in [6.45, 7) is 7.33. The van der Waals surface area contributed by atoms with Crippen LogP contribution in [0.1, 0.15) is 38.2 Å². The zero-order valence-corrected chi connectivity index (χ0v) is 16.3. The van der Waals surface area contributed by atoms with Gasteiger partial charge in [0.1, 0.15) is 0 Å². The molecule has 148 valence electrons. The first-order chi connectivity index (χ1) is 13.1. The summed E-state index contributed by atoms with van der Waals surface area (Å²) >= 11 is 0. The van der Waals surface area contributed by atoms with Gasteiger partial charge in [-0.2, -0.15) is 0 Å². The molecule has 2 fully saturated rings. The van der Waals surface area contributed by atoms with Gasteiger partial charge in [0.2, 0.25) is 5.91 Å². The molecule has 1 atom stereocenters. The molecule has 2 aliphatic rings. The van der Waals surface area contributed by atoms with Crippen LogP contribution in [-0.4, -0.2) is 61.0 Å². The number of amides is 1. The fourth-order valence-electron chi connectivity index (χ4n) is 3.95. The first-order valence-corrected chi connectivity index (χ1v) is 10.1. The third-order valence-electron chi connectivity index (χ3n) is 5.34. The molecule has 1 aromatic carbocycles. The zero-order chi connectivity index (χ0) is 19.1. The molecule has 0 unspecified atom stereocenters. The summed E-state index contributed by atoms with van der Waals surface area (Å²) in [6, 6.07) is 8.12. The Morgan fingerprint density at radius 1 is 1.07 bits per heavy atom. The van der Waals surface area contributed by atoms with Crippen LogP contribution in [-0.2, 0) is 20.9 Å². The SMILES string of the molecule is CCOC(=O)[C@@H]1CCCN(CC(=O)Nc2ccc(CN3CCCC3)cc2)C1. The maximum atomic E-state index is 12.4. The summed E-state index contributed by atoms with van der Waals surface area (Å²) in [5.74, 6) is -0.292. The molecule has 1 aromatic rings. The number of likely N-dealkylation sites (tertiary alicyclic amines) is 2. The minimum Gasteiger partial charge on any atom is -0.466 e.